The molecule has 0 spiro atoms. The highest BCUT2D eigenvalue weighted by molar-refractivity contribution is 5.00. The van der Waals surface area contributed by atoms with Crippen molar-refractivity contribution in [3.05, 3.63) is 0 Å². The lowest BCUT2D eigenvalue weighted by Gasteiger charge is -2.29. The lowest BCUT2D eigenvalue weighted by molar-refractivity contribution is -0.264. The van der Waals surface area contributed by atoms with Crippen molar-refractivity contribution in [2.24, 2.45) is 0 Å². The van der Waals surface area contributed by atoms with Gasteiger partial charge < -0.3 is 19.3 Å². The quantitative estimate of drug-likeness (QED) is 0.783. The third-order valence-corrected chi connectivity index (χ3v) is 2.93. The highest BCUT2D eigenvalue weighted by atomic mass is 16.8. The predicted octanol–water partition coefficient (Wildman–Crippen LogP) is 2.45. The van der Waals surface area contributed by atoms with Crippen LogP contribution in [0.25, 0.3) is 0 Å². The van der Waals surface area contributed by atoms with Crippen molar-refractivity contribution in [1.29, 1.82) is 0 Å². The third-order valence-electron chi connectivity index (χ3n) is 2.93. The Morgan fingerprint density at radius 3 is 1.74 bits per heavy atom. The van der Waals surface area contributed by atoms with Crippen molar-refractivity contribution in [2.45, 2.75) is 70.6 Å². The highest BCUT2D eigenvalue weighted by Gasteiger charge is 2.21. The van der Waals surface area contributed by atoms with E-state index in [1.807, 2.05) is 0 Å². The van der Waals surface area contributed by atoms with Crippen molar-refractivity contribution >= 4 is 0 Å². The molecule has 2 saturated heterocycles. The summed E-state index contributed by atoms with van der Waals surface area (Å²) in [5.41, 5.74) is -0.931. The van der Waals surface area contributed by atoms with E-state index in [4.69, 9.17) is 25.7 Å². The second-order valence-corrected chi connectivity index (χ2v) is 5.43. The third kappa shape index (κ3) is 8.22. The molecule has 2 atom stereocenters. The fourth-order valence-electron chi connectivity index (χ4n) is 1.81. The molecule has 0 aliphatic carbocycles. The van der Waals surface area contributed by atoms with Crippen LogP contribution in [-0.4, -0.2) is 36.5 Å². The number of terminal acetylenes is 1. The molecule has 110 valence electrons. The van der Waals surface area contributed by atoms with Crippen molar-refractivity contribution in [3.8, 4) is 12.3 Å². The SMILES string of the molecule is C#CC(C)(C)O.C1CCC(OC2CCCCO2)OC1. The first-order valence-electron chi connectivity index (χ1n) is 7.10. The first-order chi connectivity index (χ1) is 9.01. The molecule has 0 aromatic rings. The summed E-state index contributed by atoms with van der Waals surface area (Å²) < 4.78 is 16.6. The molecule has 2 fully saturated rings. The van der Waals surface area contributed by atoms with Crippen LogP contribution in [0.4, 0.5) is 0 Å². The Kier molecular flexibility index (Phi) is 7.40. The molecule has 19 heavy (non-hydrogen) atoms. The van der Waals surface area contributed by atoms with E-state index < -0.39 is 5.60 Å². The number of hydrogen-bond donors (Lipinski definition) is 1. The van der Waals surface area contributed by atoms with Gasteiger partial charge >= 0.3 is 0 Å². The minimum atomic E-state index is -0.931. The molecule has 2 unspecified atom stereocenters. The summed E-state index contributed by atoms with van der Waals surface area (Å²) in [7, 11) is 0. The maximum absolute atomic E-state index is 8.59. The molecule has 4 heteroatoms. The first kappa shape index (κ1) is 16.5. The molecule has 0 bridgehead atoms. The Balaban J connectivity index is 0.000000258. The zero-order valence-corrected chi connectivity index (χ0v) is 12.1. The molecule has 4 nitrogen and oxygen atoms in total. The summed E-state index contributed by atoms with van der Waals surface area (Å²) in [5.74, 6) is 2.16. The maximum Gasteiger partial charge on any atom is 0.160 e. The second-order valence-electron chi connectivity index (χ2n) is 5.43. The Morgan fingerprint density at radius 2 is 1.47 bits per heavy atom. The van der Waals surface area contributed by atoms with Crippen LogP contribution in [0.3, 0.4) is 0 Å². The highest BCUT2D eigenvalue weighted by Crippen LogP contribution is 2.20. The molecule has 1 N–H and O–H groups in total. The molecule has 0 aromatic carbocycles. The van der Waals surface area contributed by atoms with Gasteiger partial charge in [-0.05, 0) is 52.4 Å². The van der Waals surface area contributed by atoms with Gasteiger partial charge in [0.25, 0.3) is 0 Å². The van der Waals surface area contributed by atoms with Gasteiger partial charge in [0.15, 0.2) is 12.6 Å². The first-order valence-corrected chi connectivity index (χ1v) is 7.10. The van der Waals surface area contributed by atoms with Gasteiger partial charge in [-0.1, -0.05) is 5.92 Å². The lowest BCUT2D eigenvalue weighted by Crippen LogP contribution is -2.31. The fraction of sp³-hybridized carbons (Fsp3) is 0.867. The average Bonchev–Trinajstić information content (AvgIpc) is 2.41. The van der Waals surface area contributed by atoms with Gasteiger partial charge in [0, 0.05) is 13.2 Å². The van der Waals surface area contributed by atoms with Gasteiger partial charge in [-0.3, -0.25) is 0 Å². The average molecular weight is 270 g/mol. The van der Waals surface area contributed by atoms with Crippen molar-refractivity contribution in [2.75, 3.05) is 13.2 Å². The Morgan fingerprint density at radius 1 is 1.05 bits per heavy atom. The van der Waals surface area contributed by atoms with E-state index in [1.54, 1.807) is 13.8 Å². The van der Waals surface area contributed by atoms with E-state index in [1.165, 1.54) is 25.7 Å². The predicted molar refractivity (Wildman–Crippen MR) is 73.4 cm³/mol. The summed E-state index contributed by atoms with van der Waals surface area (Å²) in [4.78, 5) is 0. The minimum absolute atomic E-state index is 0.00292. The van der Waals surface area contributed by atoms with E-state index in [0.717, 1.165) is 26.1 Å². The zero-order valence-electron chi connectivity index (χ0n) is 12.1. The van der Waals surface area contributed by atoms with Crippen LogP contribution in [0.1, 0.15) is 52.4 Å². The van der Waals surface area contributed by atoms with Crippen molar-refractivity contribution < 1.29 is 19.3 Å². The fourth-order valence-corrected chi connectivity index (χ4v) is 1.81. The molecule has 2 aliphatic heterocycles. The summed E-state index contributed by atoms with van der Waals surface area (Å²) >= 11 is 0. The number of ether oxygens (including phenoxy) is 3. The Labute approximate surface area is 116 Å². The van der Waals surface area contributed by atoms with Crippen LogP contribution in [0.5, 0.6) is 0 Å². The maximum atomic E-state index is 8.59. The molecular formula is C15H26O4. The van der Waals surface area contributed by atoms with Crippen LogP contribution >= 0.6 is 0 Å². The Bertz CT molecular complexity index is 249. The zero-order chi connectivity index (χ0) is 14.1. The van der Waals surface area contributed by atoms with E-state index in [0.29, 0.717) is 0 Å². The summed E-state index contributed by atoms with van der Waals surface area (Å²) in [6.07, 6.45) is 11.6. The van der Waals surface area contributed by atoms with Crippen LogP contribution in [0, 0.1) is 12.3 Å². The van der Waals surface area contributed by atoms with Crippen LogP contribution in [0.2, 0.25) is 0 Å². The summed E-state index contributed by atoms with van der Waals surface area (Å²) in [5, 5.41) is 8.59. The lowest BCUT2D eigenvalue weighted by atomic mass is 10.2. The van der Waals surface area contributed by atoms with Crippen molar-refractivity contribution in [1.82, 2.24) is 0 Å². The topological polar surface area (TPSA) is 47.9 Å². The smallest absolute Gasteiger partial charge is 0.160 e. The van der Waals surface area contributed by atoms with Gasteiger partial charge in [0.2, 0.25) is 0 Å². The van der Waals surface area contributed by atoms with E-state index in [2.05, 4.69) is 5.92 Å². The molecule has 0 saturated carbocycles. The van der Waals surface area contributed by atoms with Gasteiger partial charge in [-0.15, -0.1) is 6.42 Å². The van der Waals surface area contributed by atoms with Gasteiger partial charge in [-0.2, -0.15) is 0 Å². The van der Waals surface area contributed by atoms with Crippen LogP contribution in [0.15, 0.2) is 0 Å². The normalized spacial score (nSPS) is 27.9. The molecule has 2 rings (SSSR count). The molecule has 0 aromatic heterocycles. The standard InChI is InChI=1S/C10H18O3.C5H8O/c1-3-7-11-9(5-1)13-10-6-2-4-8-12-10;1-4-5(2,3)6/h9-10H,1-8H2;1,6H,2-3H3. The van der Waals surface area contributed by atoms with Gasteiger partial charge in [0.1, 0.15) is 5.60 Å². The molecular weight excluding hydrogens is 244 g/mol. The van der Waals surface area contributed by atoms with E-state index in [9.17, 15) is 0 Å². The minimum Gasteiger partial charge on any atom is -0.378 e. The van der Waals surface area contributed by atoms with Crippen LogP contribution < -0.4 is 0 Å². The number of hydrogen-bond acceptors (Lipinski definition) is 4. The summed E-state index contributed by atoms with van der Waals surface area (Å²) in [6.45, 7) is 4.81. The number of rotatable bonds is 2. The molecule has 2 heterocycles. The largest absolute Gasteiger partial charge is 0.378 e. The van der Waals surface area contributed by atoms with E-state index >= 15 is 0 Å². The Hall–Kier alpha value is -0.600. The molecule has 0 amide bonds. The summed E-state index contributed by atoms with van der Waals surface area (Å²) in [6, 6.07) is 0. The van der Waals surface area contributed by atoms with Crippen molar-refractivity contribution in [3.63, 3.8) is 0 Å². The monoisotopic (exact) mass is 270 g/mol. The van der Waals surface area contributed by atoms with Gasteiger partial charge in [-0.25, -0.2) is 0 Å². The van der Waals surface area contributed by atoms with Gasteiger partial charge in [0.05, 0.1) is 0 Å². The number of aliphatic hydroxyl groups is 1. The van der Waals surface area contributed by atoms with E-state index in [-0.39, 0.29) is 12.6 Å². The van der Waals surface area contributed by atoms with Crippen LogP contribution in [-0.2, 0) is 14.2 Å². The molecule has 2 aliphatic rings. The second kappa shape index (κ2) is 8.55. The molecule has 0 radical (unpaired) electrons.